The molecule has 0 bridgehead atoms. The van der Waals surface area contributed by atoms with Crippen molar-refractivity contribution in [2.45, 2.75) is 39.0 Å². The van der Waals surface area contributed by atoms with Crippen LogP contribution in [0.15, 0.2) is 72.8 Å². The summed E-state index contributed by atoms with van der Waals surface area (Å²) in [6.45, 7) is 3.93. The number of carbonyl (C=O) groups is 2. The number of halogens is 3. The number of ether oxygens (including phenoxy) is 1. The Morgan fingerprint density at radius 2 is 1.64 bits per heavy atom. The van der Waals surface area contributed by atoms with Crippen molar-refractivity contribution in [2.24, 2.45) is 5.92 Å². The van der Waals surface area contributed by atoms with Gasteiger partial charge in [0.1, 0.15) is 11.9 Å². The Hall–Kier alpha value is -3.81. The fourth-order valence-electron chi connectivity index (χ4n) is 3.78. The third-order valence-electron chi connectivity index (χ3n) is 5.51. The molecule has 36 heavy (non-hydrogen) atoms. The molecular weight excluding hydrogens is 471 g/mol. The lowest BCUT2D eigenvalue weighted by Gasteiger charge is -2.23. The van der Waals surface area contributed by atoms with Crippen molar-refractivity contribution < 1.29 is 32.6 Å². The molecule has 0 aliphatic carbocycles. The lowest BCUT2D eigenvalue weighted by atomic mass is 9.93. The van der Waals surface area contributed by atoms with Crippen LogP contribution in [0.25, 0.3) is 11.1 Å². The van der Waals surface area contributed by atoms with Crippen molar-refractivity contribution in [1.82, 2.24) is 5.32 Å². The first kappa shape index (κ1) is 26.8. The molecular formula is C28H28F3NO4. The predicted molar refractivity (Wildman–Crippen MR) is 131 cm³/mol. The first-order chi connectivity index (χ1) is 17.0. The van der Waals surface area contributed by atoms with Gasteiger partial charge in [-0.1, -0.05) is 56.3 Å². The zero-order chi connectivity index (χ0) is 26.3. The quantitative estimate of drug-likeness (QED) is 0.324. The summed E-state index contributed by atoms with van der Waals surface area (Å²) >= 11 is 0. The Balaban J connectivity index is 1.85. The molecule has 0 radical (unpaired) electrons. The molecule has 8 heteroatoms. The van der Waals surface area contributed by atoms with E-state index >= 15 is 0 Å². The Morgan fingerprint density at radius 3 is 2.22 bits per heavy atom. The van der Waals surface area contributed by atoms with Crippen molar-refractivity contribution in [1.29, 1.82) is 0 Å². The third kappa shape index (κ3) is 7.34. The highest BCUT2D eigenvalue weighted by Gasteiger charge is 2.34. The molecule has 3 rings (SSSR count). The molecule has 2 N–H and O–H groups in total. The van der Waals surface area contributed by atoms with Crippen LogP contribution in [-0.2, 0) is 11.0 Å². The second kappa shape index (κ2) is 11.7. The number of benzene rings is 3. The van der Waals surface area contributed by atoms with Crippen LogP contribution in [0.5, 0.6) is 5.75 Å². The summed E-state index contributed by atoms with van der Waals surface area (Å²) in [6, 6.07) is 18.9. The fraction of sp³-hybridized carbons (Fsp3) is 0.286. The number of alkyl halides is 3. The van der Waals surface area contributed by atoms with Crippen LogP contribution in [0, 0.1) is 5.92 Å². The van der Waals surface area contributed by atoms with Crippen molar-refractivity contribution in [3.05, 3.63) is 89.5 Å². The van der Waals surface area contributed by atoms with Gasteiger partial charge in [0.25, 0.3) is 5.91 Å². The summed E-state index contributed by atoms with van der Waals surface area (Å²) in [5, 5.41) is 11.2. The minimum absolute atomic E-state index is 0.00337. The van der Waals surface area contributed by atoms with Gasteiger partial charge in [-0.05, 0) is 59.4 Å². The SMILES string of the molecule is CC(C)CC(Oc1ccc(C(=O)NCCC(=O)O)cc1)c1ccc(-c2ccccc2)c(C(F)(F)F)c1. The van der Waals surface area contributed by atoms with Crippen molar-refractivity contribution in [3.8, 4) is 16.9 Å². The van der Waals surface area contributed by atoms with E-state index in [1.165, 1.54) is 18.2 Å². The van der Waals surface area contributed by atoms with Gasteiger partial charge in [0.05, 0.1) is 12.0 Å². The van der Waals surface area contributed by atoms with Gasteiger partial charge in [0.2, 0.25) is 0 Å². The van der Waals surface area contributed by atoms with E-state index in [9.17, 15) is 22.8 Å². The van der Waals surface area contributed by atoms with Crippen molar-refractivity contribution >= 4 is 11.9 Å². The normalized spacial score (nSPS) is 12.3. The van der Waals surface area contributed by atoms with E-state index in [0.29, 0.717) is 28.9 Å². The van der Waals surface area contributed by atoms with Gasteiger partial charge in [-0.2, -0.15) is 13.2 Å². The van der Waals surface area contributed by atoms with Crippen LogP contribution in [0.3, 0.4) is 0 Å². The van der Waals surface area contributed by atoms with Gasteiger partial charge < -0.3 is 15.2 Å². The Labute approximate surface area is 207 Å². The van der Waals surface area contributed by atoms with Crippen LogP contribution in [-0.4, -0.2) is 23.5 Å². The van der Waals surface area contributed by atoms with Gasteiger partial charge in [0, 0.05) is 12.1 Å². The van der Waals surface area contributed by atoms with E-state index in [-0.39, 0.29) is 24.4 Å². The molecule has 0 saturated heterocycles. The van der Waals surface area contributed by atoms with Gasteiger partial charge >= 0.3 is 12.1 Å². The molecule has 0 spiro atoms. The first-order valence-electron chi connectivity index (χ1n) is 11.6. The number of aliphatic carboxylic acids is 1. The van der Waals surface area contributed by atoms with Crippen LogP contribution < -0.4 is 10.1 Å². The summed E-state index contributed by atoms with van der Waals surface area (Å²) in [7, 11) is 0. The second-order valence-electron chi connectivity index (χ2n) is 8.83. The maximum Gasteiger partial charge on any atom is 0.417 e. The maximum absolute atomic E-state index is 14.0. The smallest absolute Gasteiger partial charge is 0.417 e. The van der Waals surface area contributed by atoms with Gasteiger partial charge in [0.15, 0.2) is 0 Å². The average molecular weight is 500 g/mol. The summed E-state index contributed by atoms with van der Waals surface area (Å²) < 4.78 is 48.1. The number of carbonyl (C=O) groups excluding carboxylic acids is 1. The third-order valence-corrected chi connectivity index (χ3v) is 5.51. The topological polar surface area (TPSA) is 75.6 Å². The molecule has 5 nitrogen and oxygen atoms in total. The van der Waals surface area contributed by atoms with E-state index < -0.39 is 29.7 Å². The number of carboxylic acid groups (broad SMARTS) is 1. The molecule has 1 amide bonds. The lowest BCUT2D eigenvalue weighted by Crippen LogP contribution is -2.25. The van der Waals surface area contributed by atoms with Gasteiger partial charge in [-0.15, -0.1) is 0 Å². The summed E-state index contributed by atoms with van der Waals surface area (Å²) in [5.74, 6) is -0.880. The Morgan fingerprint density at radius 1 is 0.972 bits per heavy atom. The van der Waals surface area contributed by atoms with Crippen LogP contribution in [0.1, 0.15) is 54.3 Å². The highest BCUT2D eigenvalue weighted by atomic mass is 19.4. The minimum atomic E-state index is -4.54. The van der Waals surface area contributed by atoms with E-state index in [4.69, 9.17) is 9.84 Å². The van der Waals surface area contributed by atoms with Crippen molar-refractivity contribution in [2.75, 3.05) is 6.54 Å². The average Bonchev–Trinajstić information content (AvgIpc) is 2.83. The molecule has 0 fully saturated rings. The molecule has 1 unspecified atom stereocenters. The second-order valence-corrected chi connectivity index (χ2v) is 8.83. The number of hydrogen-bond acceptors (Lipinski definition) is 3. The van der Waals surface area contributed by atoms with Gasteiger partial charge in [-0.25, -0.2) is 0 Å². The van der Waals surface area contributed by atoms with Crippen LogP contribution in [0.2, 0.25) is 0 Å². The number of rotatable bonds is 10. The number of carboxylic acids is 1. The van der Waals surface area contributed by atoms with E-state index in [0.717, 1.165) is 6.07 Å². The minimum Gasteiger partial charge on any atom is -0.486 e. The lowest BCUT2D eigenvalue weighted by molar-refractivity contribution is -0.137. The molecule has 0 aliphatic heterocycles. The summed E-state index contributed by atoms with van der Waals surface area (Å²) in [5.41, 5.74) is 0.589. The molecule has 0 saturated carbocycles. The Bertz CT molecular complexity index is 1180. The number of amides is 1. The number of nitrogens with one attached hydrogen (secondary N) is 1. The zero-order valence-corrected chi connectivity index (χ0v) is 20.0. The summed E-state index contributed by atoms with van der Waals surface area (Å²) in [4.78, 5) is 22.8. The summed E-state index contributed by atoms with van der Waals surface area (Å²) in [6.07, 6.45) is -4.88. The van der Waals surface area contributed by atoms with E-state index in [2.05, 4.69) is 5.32 Å². The molecule has 0 heterocycles. The Kier molecular flexibility index (Phi) is 8.74. The molecule has 190 valence electrons. The largest absolute Gasteiger partial charge is 0.486 e. The molecule has 3 aromatic carbocycles. The predicted octanol–water partition coefficient (Wildman–Crippen LogP) is 6.74. The van der Waals surface area contributed by atoms with E-state index in [1.807, 2.05) is 13.8 Å². The number of hydrogen-bond donors (Lipinski definition) is 2. The molecule has 1 atom stereocenters. The zero-order valence-electron chi connectivity index (χ0n) is 20.0. The maximum atomic E-state index is 14.0. The van der Waals surface area contributed by atoms with Crippen LogP contribution in [0.4, 0.5) is 13.2 Å². The molecule has 3 aromatic rings. The first-order valence-corrected chi connectivity index (χ1v) is 11.6. The highest BCUT2D eigenvalue weighted by Crippen LogP contribution is 2.40. The van der Waals surface area contributed by atoms with E-state index in [1.54, 1.807) is 48.5 Å². The van der Waals surface area contributed by atoms with Crippen LogP contribution >= 0.6 is 0 Å². The molecule has 0 aliphatic rings. The monoisotopic (exact) mass is 499 g/mol. The standard InChI is InChI=1S/C28H28F3NO4/c1-18(2)16-25(36-22-11-8-20(9-12-22)27(35)32-15-14-26(33)34)21-10-13-23(19-6-4-3-5-7-19)24(17-21)28(29,30)31/h3-13,17-18,25H,14-16H2,1-2H3,(H,32,35)(H,33,34). The fourth-order valence-corrected chi connectivity index (χ4v) is 3.78. The highest BCUT2D eigenvalue weighted by molar-refractivity contribution is 5.94. The molecule has 0 aromatic heterocycles. The van der Waals surface area contributed by atoms with Gasteiger partial charge in [-0.3, -0.25) is 9.59 Å². The van der Waals surface area contributed by atoms with Crippen molar-refractivity contribution in [3.63, 3.8) is 0 Å².